The second kappa shape index (κ2) is 11.6. The molecule has 0 spiro atoms. The van der Waals surface area contributed by atoms with Crippen molar-refractivity contribution in [2.24, 2.45) is 0 Å². The summed E-state index contributed by atoms with van der Waals surface area (Å²) in [6, 6.07) is 0. The number of rotatable bonds is 11. The largest absolute Gasteiger partial charge is 0.479 e. The molecule has 134 valence electrons. The quantitative estimate of drug-likeness (QED) is 0.401. The van der Waals surface area contributed by atoms with Crippen LogP contribution in [0.3, 0.4) is 0 Å². The summed E-state index contributed by atoms with van der Waals surface area (Å²) in [6.45, 7) is 2.21. The van der Waals surface area contributed by atoms with E-state index in [0.29, 0.717) is 12.5 Å². The number of aliphatic hydroxyl groups is 2. The molecule has 0 amide bonds. The predicted octanol–water partition coefficient (Wildman–Crippen LogP) is 3.04. The SMILES string of the molecule is CCCCCC1CCCC(/C=C/CCCC(O)C(O)C(=O)O)O1. The van der Waals surface area contributed by atoms with E-state index in [1.54, 1.807) is 0 Å². The summed E-state index contributed by atoms with van der Waals surface area (Å²) in [5.74, 6) is -1.38. The van der Waals surface area contributed by atoms with E-state index < -0.39 is 18.2 Å². The van der Waals surface area contributed by atoms with Crippen LogP contribution < -0.4 is 0 Å². The molecule has 0 aromatic heterocycles. The molecule has 1 rings (SSSR count). The Balaban J connectivity index is 2.17. The maximum absolute atomic E-state index is 10.5. The van der Waals surface area contributed by atoms with E-state index in [4.69, 9.17) is 9.84 Å². The van der Waals surface area contributed by atoms with Gasteiger partial charge >= 0.3 is 5.97 Å². The number of ether oxygens (including phenoxy) is 1. The molecule has 5 nitrogen and oxygen atoms in total. The molecule has 1 heterocycles. The summed E-state index contributed by atoms with van der Waals surface area (Å²) in [5.41, 5.74) is 0. The number of unbranched alkanes of at least 4 members (excludes halogenated alkanes) is 3. The zero-order valence-electron chi connectivity index (χ0n) is 14.2. The zero-order chi connectivity index (χ0) is 17.1. The van der Waals surface area contributed by atoms with Gasteiger partial charge in [-0.1, -0.05) is 38.3 Å². The maximum atomic E-state index is 10.5. The molecule has 1 aliphatic heterocycles. The topological polar surface area (TPSA) is 87.0 Å². The predicted molar refractivity (Wildman–Crippen MR) is 89.3 cm³/mol. The molecular weight excluding hydrogens is 296 g/mol. The van der Waals surface area contributed by atoms with E-state index in [1.807, 2.05) is 6.08 Å². The molecule has 1 saturated heterocycles. The third kappa shape index (κ3) is 8.49. The van der Waals surface area contributed by atoms with Crippen molar-refractivity contribution in [3.63, 3.8) is 0 Å². The van der Waals surface area contributed by atoms with Crippen molar-refractivity contribution < 1.29 is 24.9 Å². The van der Waals surface area contributed by atoms with Crippen molar-refractivity contribution in [2.45, 2.75) is 95.5 Å². The first-order valence-corrected chi connectivity index (χ1v) is 8.95. The number of hydrogen-bond acceptors (Lipinski definition) is 4. The lowest BCUT2D eigenvalue weighted by Crippen LogP contribution is -2.33. The molecule has 0 aromatic rings. The summed E-state index contributed by atoms with van der Waals surface area (Å²) in [5, 5.41) is 27.3. The summed E-state index contributed by atoms with van der Waals surface area (Å²) < 4.78 is 6.08. The average molecular weight is 328 g/mol. The lowest BCUT2D eigenvalue weighted by Gasteiger charge is -2.28. The minimum absolute atomic E-state index is 0.185. The van der Waals surface area contributed by atoms with Crippen LogP contribution in [0, 0.1) is 0 Å². The molecule has 0 aromatic carbocycles. The van der Waals surface area contributed by atoms with Gasteiger partial charge in [-0.25, -0.2) is 4.79 Å². The third-order valence-corrected chi connectivity index (χ3v) is 4.35. The average Bonchev–Trinajstić information content (AvgIpc) is 2.54. The molecule has 0 radical (unpaired) electrons. The molecule has 5 heteroatoms. The minimum Gasteiger partial charge on any atom is -0.479 e. The monoisotopic (exact) mass is 328 g/mol. The van der Waals surface area contributed by atoms with Gasteiger partial charge in [0.05, 0.1) is 18.3 Å². The molecule has 1 fully saturated rings. The van der Waals surface area contributed by atoms with Gasteiger partial charge in [-0.3, -0.25) is 0 Å². The summed E-state index contributed by atoms with van der Waals surface area (Å²) in [4.78, 5) is 10.5. The molecule has 23 heavy (non-hydrogen) atoms. The van der Waals surface area contributed by atoms with E-state index in [0.717, 1.165) is 25.7 Å². The smallest absolute Gasteiger partial charge is 0.335 e. The van der Waals surface area contributed by atoms with Gasteiger partial charge in [0.1, 0.15) is 0 Å². The molecule has 4 atom stereocenters. The lowest BCUT2D eigenvalue weighted by molar-refractivity contribution is -0.153. The van der Waals surface area contributed by atoms with Crippen LogP contribution in [0.15, 0.2) is 12.2 Å². The Morgan fingerprint density at radius 1 is 1.26 bits per heavy atom. The molecular formula is C18H32O5. The number of allylic oxidation sites excluding steroid dienone is 1. The number of carboxylic acids is 1. The molecule has 0 aliphatic carbocycles. The molecule has 0 bridgehead atoms. The number of aliphatic hydroxyl groups excluding tert-OH is 2. The summed E-state index contributed by atoms with van der Waals surface area (Å²) in [6.07, 6.45) is 11.8. The van der Waals surface area contributed by atoms with Gasteiger partial charge in [-0.2, -0.15) is 0 Å². The van der Waals surface area contributed by atoms with Crippen molar-refractivity contribution in [3.05, 3.63) is 12.2 Å². The number of carboxylic acid groups (broad SMARTS) is 1. The van der Waals surface area contributed by atoms with Crippen molar-refractivity contribution >= 4 is 5.97 Å². The second-order valence-corrected chi connectivity index (χ2v) is 6.43. The van der Waals surface area contributed by atoms with Gasteiger partial charge < -0.3 is 20.1 Å². The summed E-state index contributed by atoms with van der Waals surface area (Å²) in [7, 11) is 0. The Bertz CT molecular complexity index is 355. The van der Waals surface area contributed by atoms with E-state index >= 15 is 0 Å². The van der Waals surface area contributed by atoms with Crippen molar-refractivity contribution in [1.82, 2.24) is 0 Å². The van der Waals surface area contributed by atoms with Crippen molar-refractivity contribution in [3.8, 4) is 0 Å². The van der Waals surface area contributed by atoms with Crippen LogP contribution in [0.4, 0.5) is 0 Å². The Kier molecular flexibility index (Phi) is 10.2. The van der Waals surface area contributed by atoms with Crippen LogP contribution in [0.1, 0.15) is 71.1 Å². The van der Waals surface area contributed by atoms with E-state index in [-0.39, 0.29) is 12.5 Å². The Hall–Kier alpha value is -0.910. The Morgan fingerprint density at radius 3 is 2.74 bits per heavy atom. The van der Waals surface area contributed by atoms with Gasteiger partial charge in [-0.15, -0.1) is 0 Å². The molecule has 3 N–H and O–H groups in total. The van der Waals surface area contributed by atoms with Gasteiger partial charge in [0.2, 0.25) is 0 Å². The van der Waals surface area contributed by atoms with Gasteiger partial charge in [-0.05, 0) is 44.9 Å². The fourth-order valence-corrected chi connectivity index (χ4v) is 2.92. The van der Waals surface area contributed by atoms with Crippen molar-refractivity contribution in [2.75, 3.05) is 0 Å². The van der Waals surface area contributed by atoms with Crippen LogP contribution >= 0.6 is 0 Å². The molecule has 4 unspecified atom stereocenters. The van der Waals surface area contributed by atoms with Crippen LogP contribution in [0.25, 0.3) is 0 Å². The number of carbonyl (C=O) groups is 1. The molecule has 1 aliphatic rings. The standard InChI is InChI=1S/C18H32O5/c1-2-3-5-9-14-11-8-12-15(23-14)10-6-4-7-13-16(19)17(20)18(21)22/h6,10,14-17,19-20H,2-5,7-9,11-13H2,1H3,(H,21,22)/b10-6+. The first-order valence-electron chi connectivity index (χ1n) is 8.95. The van der Waals surface area contributed by atoms with Crippen LogP contribution in [-0.2, 0) is 9.53 Å². The summed E-state index contributed by atoms with van der Waals surface area (Å²) >= 11 is 0. The first-order chi connectivity index (χ1) is 11.0. The van der Waals surface area contributed by atoms with E-state index in [2.05, 4.69) is 13.0 Å². The minimum atomic E-state index is -1.69. The maximum Gasteiger partial charge on any atom is 0.335 e. The normalized spacial score (nSPS) is 24.7. The van der Waals surface area contributed by atoms with E-state index in [1.165, 1.54) is 25.7 Å². The Morgan fingerprint density at radius 2 is 2.04 bits per heavy atom. The first kappa shape index (κ1) is 20.1. The highest BCUT2D eigenvalue weighted by Gasteiger charge is 2.22. The van der Waals surface area contributed by atoms with Crippen LogP contribution in [-0.4, -0.2) is 45.7 Å². The Labute approximate surface area is 139 Å². The van der Waals surface area contributed by atoms with Crippen LogP contribution in [0.2, 0.25) is 0 Å². The fourth-order valence-electron chi connectivity index (χ4n) is 2.92. The highest BCUT2D eigenvalue weighted by Crippen LogP contribution is 2.24. The van der Waals surface area contributed by atoms with E-state index in [9.17, 15) is 15.0 Å². The highest BCUT2D eigenvalue weighted by atomic mass is 16.5. The lowest BCUT2D eigenvalue weighted by atomic mass is 9.99. The zero-order valence-corrected chi connectivity index (χ0v) is 14.2. The number of aliphatic carboxylic acids is 1. The van der Waals surface area contributed by atoms with Crippen LogP contribution in [0.5, 0.6) is 0 Å². The van der Waals surface area contributed by atoms with Gasteiger partial charge in [0.15, 0.2) is 6.10 Å². The molecule has 0 saturated carbocycles. The fraction of sp³-hybridized carbons (Fsp3) is 0.833. The van der Waals surface area contributed by atoms with Gasteiger partial charge in [0, 0.05) is 0 Å². The third-order valence-electron chi connectivity index (χ3n) is 4.35. The second-order valence-electron chi connectivity index (χ2n) is 6.43. The van der Waals surface area contributed by atoms with Gasteiger partial charge in [0.25, 0.3) is 0 Å². The van der Waals surface area contributed by atoms with Crippen molar-refractivity contribution in [1.29, 1.82) is 0 Å². The highest BCUT2D eigenvalue weighted by molar-refractivity contribution is 5.72. The number of hydrogen-bond donors (Lipinski definition) is 3.